The Kier molecular flexibility index (Phi) is 9.28. The van der Waals surface area contributed by atoms with Gasteiger partial charge in [0.1, 0.15) is 0 Å². The highest BCUT2D eigenvalue weighted by atomic mass is 16.6. The standard InChI is InChI=1S/C18H30N2O2/c1-2-3-4-5-6-7-8-9-10-11-12-16-15-17(20(21)22)13-14-18(16)19/h13-15H,2-12,19H2,1H3. The summed E-state index contributed by atoms with van der Waals surface area (Å²) < 4.78 is 0. The maximum Gasteiger partial charge on any atom is 0.269 e. The Labute approximate surface area is 134 Å². The van der Waals surface area contributed by atoms with E-state index < -0.39 is 0 Å². The van der Waals surface area contributed by atoms with E-state index >= 15 is 0 Å². The van der Waals surface area contributed by atoms with Crippen LogP contribution in [-0.2, 0) is 6.42 Å². The third kappa shape index (κ3) is 7.43. The van der Waals surface area contributed by atoms with Gasteiger partial charge in [-0.15, -0.1) is 0 Å². The fourth-order valence-corrected chi connectivity index (χ4v) is 2.73. The molecule has 0 fully saturated rings. The highest BCUT2D eigenvalue weighted by Crippen LogP contribution is 2.22. The van der Waals surface area contributed by atoms with Gasteiger partial charge in [0, 0.05) is 17.8 Å². The molecule has 1 rings (SSSR count). The van der Waals surface area contributed by atoms with Crippen molar-refractivity contribution < 1.29 is 4.92 Å². The number of benzene rings is 1. The number of rotatable bonds is 12. The lowest BCUT2D eigenvalue weighted by atomic mass is 10.0. The molecule has 0 heterocycles. The van der Waals surface area contributed by atoms with Gasteiger partial charge >= 0.3 is 0 Å². The molecule has 1 aromatic carbocycles. The van der Waals surface area contributed by atoms with Crippen LogP contribution < -0.4 is 5.73 Å². The maximum absolute atomic E-state index is 10.8. The van der Waals surface area contributed by atoms with Gasteiger partial charge in [-0.3, -0.25) is 10.1 Å². The van der Waals surface area contributed by atoms with Crippen LogP contribution in [0.1, 0.15) is 76.7 Å². The molecule has 0 saturated heterocycles. The number of nitrogen functional groups attached to an aromatic ring is 1. The highest BCUT2D eigenvalue weighted by molar-refractivity contribution is 5.52. The molecule has 0 aromatic heterocycles. The number of aryl methyl sites for hydroxylation is 1. The molecule has 22 heavy (non-hydrogen) atoms. The molecule has 0 aliphatic heterocycles. The predicted molar refractivity (Wildman–Crippen MR) is 93.1 cm³/mol. The van der Waals surface area contributed by atoms with Crippen LogP contribution in [0.5, 0.6) is 0 Å². The number of anilines is 1. The molecule has 0 amide bonds. The number of nitro benzene ring substituents is 1. The molecular formula is C18H30N2O2. The summed E-state index contributed by atoms with van der Waals surface area (Å²) in [5.41, 5.74) is 7.60. The van der Waals surface area contributed by atoms with Crippen molar-refractivity contribution in [1.29, 1.82) is 0 Å². The van der Waals surface area contributed by atoms with Gasteiger partial charge in [0.2, 0.25) is 0 Å². The first-order chi connectivity index (χ1) is 10.6. The van der Waals surface area contributed by atoms with Crippen molar-refractivity contribution in [2.24, 2.45) is 0 Å². The van der Waals surface area contributed by atoms with Crippen molar-refractivity contribution >= 4 is 11.4 Å². The van der Waals surface area contributed by atoms with Crippen LogP contribution in [0.4, 0.5) is 11.4 Å². The molecule has 0 atom stereocenters. The van der Waals surface area contributed by atoms with E-state index in [9.17, 15) is 10.1 Å². The van der Waals surface area contributed by atoms with Gasteiger partial charge in [-0.2, -0.15) is 0 Å². The van der Waals surface area contributed by atoms with E-state index in [0.29, 0.717) is 5.69 Å². The first-order valence-corrected chi connectivity index (χ1v) is 8.68. The summed E-state index contributed by atoms with van der Waals surface area (Å²) in [6, 6.07) is 4.73. The largest absolute Gasteiger partial charge is 0.398 e. The van der Waals surface area contributed by atoms with Crippen molar-refractivity contribution in [3.8, 4) is 0 Å². The Hall–Kier alpha value is -1.58. The Bertz CT molecular complexity index is 447. The SMILES string of the molecule is CCCCCCCCCCCCc1cc([N+](=O)[O-])ccc1N. The maximum atomic E-state index is 10.8. The molecule has 0 aliphatic rings. The zero-order valence-electron chi connectivity index (χ0n) is 13.9. The van der Waals surface area contributed by atoms with Gasteiger partial charge in [-0.1, -0.05) is 64.7 Å². The molecule has 1 aromatic rings. The molecular weight excluding hydrogens is 276 g/mol. The van der Waals surface area contributed by atoms with E-state index in [4.69, 9.17) is 5.73 Å². The minimum Gasteiger partial charge on any atom is -0.398 e. The monoisotopic (exact) mass is 306 g/mol. The summed E-state index contributed by atoms with van der Waals surface area (Å²) in [4.78, 5) is 10.4. The second-order valence-electron chi connectivity index (χ2n) is 6.07. The lowest BCUT2D eigenvalue weighted by molar-refractivity contribution is -0.384. The number of hydrogen-bond acceptors (Lipinski definition) is 3. The first kappa shape index (κ1) is 18.5. The summed E-state index contributed by atoms with van der Waals surface area (Å²) >= 11 is 0. The van der Waals surface area contributed by atoms with E-state index in [1.807, 2.05) is 0 Å². The van der Waals surface area contributed by atoms with E-state index in [2.05, 4.69) is 6.92 Å². The molecule has 0 radical (unpaired) electrons. The predicted octanol–water partition coefficient (Wildman–Crippen LogP) is 5.64. The zero-order valence-corrected chi connectivity index (χ0v) is 13.9. The zero-order chi connectivity index (χ0) is 16.2. The Balaban J connectivity index is 2.12. The number of nitrogens with two attached hydrogens (primary N) is 1. The second-order valence-corrected chi connectivity index (χ2v) is 6.07. The number of hydrogen-bond donors (Lipinski definition) is 1. The van der Waals surface area contributed by atoms with Crippen molar-refractivity contribution in [2.75, 3.05) is 5.73 Å². The molecule has 2 N–H and O–H groups in total. The third-order valence-electron chi connectivity index (χ3n) is 4.14. The number of nitro groups is 1. The summed E-state index contributed by atoms with van der Waals surface area (Å²) in [6.45, 7) is 2.24. The van der Waals surface area contributed by atoms with E-state index in [1.165, 1.54) is 63.9 Å². The summed E-state index contributed by atoms with van der Waals surface area (Å²) in [6.07, 6.45) is 13.7. The average Bonchev–Trinajstić information content (AvgIpc) is 2.50. The van der Waals surface area contributed by atoms with Gasteiger partial charge in [0.15, 0.2) is 0 Å². The van der Waals surface area contributed by atoms with Crippen LogP contribution in [0.25, 0.3) is 0 Å². The average molecular weight is 306 g/mol. The Morgan fingerprint density at radius 2 is 1.50 bits per heavy atom. The second kappa shape index (κ2) is 11.0. The topological polar surface area (TPSA) is 69.2 Å². The smallest absolute Gasteiger partial charge is 0.269 e. The van der Waals surface area contributed by atoms with E-state index in [-0.39, 0.29) is 10.6 Å². The van der Waals surface area contributed by atoms with Crippen molar-refractivity contribution in [3.05, 3.63) is 33.9 Å². The minimum absolute atomic E-state index is 0.135. The normalized spacial score (nSPS) is 10.8. The van der Waals surface area contributed by atoms with Crippen LogP contribution in [0.15, 0.2) is 18.2 Å². The third-order valence-corrected chi connectivity index (χ3v) is 4.14. The highest BCUT2D eigenvalue weighted by Gasteiger charge is 2.08. The van der Waals surface area contributed by atoms with Gasteiger partial charge in [0.25, 0.3) is 5.69 Å². The lowest BCUT2D eigenvalue weighted by Crippen LogP contribution is -1.97. The van der Waals surface area contributed by atoms with Gasteiger partial charge in [-0.25, -0.2) is 0 Å². The number of unbranched alkanes of at least 4 members (excludes halogenated alkanes) is 9. The Morgan fingerprint density at radius 1 is 0.955 bits per heavy atom. The number of non-ortho nitro benzene ring substituents is 1. The summed E-state index contributed by atoms with van der Waals surface area (Å²) in [5, 5.41) is 10.8. The first-order valence-electron chi connectivity index (χ1n) is 8.68. The van der Waals surface area contributed by atoms with Crippen LogP contribution in [0, 0.1) is 10.1 Å². The van der Waals surface area contributed by atoms with E-state index in [1.54, 1.807) is 12.1 Å². The van der Waals surface area contributed by atoms with E-state index in [0.717, 1.165) is 18.4 Å². The Morgan fingerprint density at radius 3 is 2.05 bits per heavy atom. The van der Waals surface area contributed by atoms with Crippen LogP contribution in [0.2, 0.25) is 0 Å². The quantitative estimate of drug-likeness (QED) is 0.235. The fourth-order valence-electron chi connectivity index (χ4n) is 2.73. The van der Waals surface area contributed by atoms with Crippen LogP contribution >= 0.6 is 0 Å². The van der Waals surface area contributed by atoms with Gasteiger partial charge < -0.3 is 5.73 Å². The lowest BCUT2D eigenvalue weighted by Gasteiger charge is -2.06. The molecule has 0 bridgehead atoms. The summed E-state index contributed by atoms with van der Waals surface area (Å²) in [7, 11) is 0. The minimum atomic E-state index is -0.360. The van der Waals surface area contributed by atoms with Crippen LogP contribution in [0.3, 0.4) is 0 Å². The molecule has 0 aliphatic carbocycles. The van der Waals surface area contributed by atoms with Crippen molar-refractivity contribution in [2.45, 2.75) is 77.6 Å². The number of nitrogens with zero attached hydrogens (tertiary/aromatic N) is 1. The van der Waals surface area contributed by atoms with Crippen LogP contribution in [-0.4, -0.2) is 4.92 Å². The van der Waals surface area contributed by atoms with Crippen molar-refractivity contribution in [1.82, 2.24) is 0 Å². The molecule has 0 spiro atoms. The molecule has 0 unspecified atom stereocenters. The molecule has 124 valence electrons. The molecule has 4 nitrogen and oxygen atoms in total. The van der Waals surface area contributed by atoms with Gasteiger partial charge in [-0.05, 0) is 24.5 Å². The molecule has 4 heteroatoms. The molecule has 0 saturated carbocycles. The fraction of sp³-hybridized carbons (Fsp3) is 0.667. The van der Waals surface area contributed by atoms with Crippen molar-refractivity contribution in [3.63, 3.8) is 0 Å². The van der Waals surface area contributed by atoms with Gasteiger partial charge in [0.05, 0.1) is 4.92 Å². The summed E-state index contributed by atoms with van der Waals surface area (Å²) in [5.74, 6) is 0.